The highest BCUT2D eigenvalue weighted by Crippen LogP contribution is 2.31. The van der Waals surface area contributed by atoms with Crippen LogP contribution in [0.15, 0.2) is 47.2 Å². The highest BCUT2D eigenvalue weighted by molar-refractivity contribution is 7.08. The second-order valence-electron chi connectivity index (χ2n) is 5.45. The van der Waals surface area contributed by atoms with Crippen molar-refractivity contribution in [2.45, 2.75) is 26.2 Å². The highest BCUT2D eigenvalue weighted by Gasteiger charge is 2.22. The zero-order chi connectivity index (χ0) is 16.2. The van der Waals surface area contributed by atoms with Gasteiger partial charge in [-0.05, 0) is 30.4 Å². The molecule has 1 unspecified atom stereocenters. The van der Waals surface area contributed by atoms with E-state index in [1.807, 2.05) is 61.0 Å². The van der Waals surface area contributed by atoms with Crippen molar-refractivity contribution in [3.05, 3.63) is 58.4 Å². The Morgan fingerprint density at radius 1 is 1.30 bits per heavy atom. The fourth-order valence-electron chi connectivity index (χ4n) is 2.66. The van der Waals surface area contributed by atoms with Gasteiger partial charge in [-0.2, -0.15) is 16.4 Å². The van der Waals surface area contributed by atoms with Gasteiger partial charge in [-0.1, -0.05) is 37.3 Å². The third kappa shape index (κ3) is 3.19. The molecule has 0 fully saturated rings. The first-order valence-corrected chi connectivity index (χ1v) is 8.58. The molecule has 3 rings (SSSR count). The Bertz CT molecular complexity index is 778. The van der Waals surface area contributed by atoms with Crippen molar-refractivity contribution >= 4 is 22.9 Å². The van der Waals surface area contributed by atoms with Crippen LogP contribution in [0, 0.1) is 6.92 Å². The van der Waals surface area contributed by atoms with E-state index in [2.05, 4.69) is 15.5 Å². The molecule has 1 aromatic carbocycles. The first-order chi connectivity index (χ1) is 11.2. The van der Waals surface area contributed by atoms with Crippen LogP contribution in [0.2, 0.25) is 0 Å². The van der Waals surface area contributed by atoms with Crippen molar-refractivity contribution < 1.29 is 4.79 Å². The quantitative estimate of drug-likeness (QED) is 0.721. The Kier molecular flexibility index (Phi) is 4.57. The molecule has 2 N–H and O–H groups in total. The van der Waals surface area contributed by atoms with E-state index >= 15 is 0 Å². The normalized spacial score (nSPS) is 12.1. The minimum absolute atomic E-state index is 0.000297. The molecule has 2 heterocycles. The van der Waals surface area contributed by atoms with Crippen LogP contribution in [0.4, 0.5) is 5.69 Å². The molecular weight excluding hydrogens is 306 g/mol. The summed E-state index contributed by atoms with van der Waals surface area (Å²) in [4.78, 5) is 12.8. The number of aromatic nitrogens is 2. The van der Waals surface area contributed by atoms with E-state index in [1.165, 1.54) is 0 Å². The van der Waals surface area contributed by atoms with Gasteiger partial charge in [-0.3, -0.25) is 9.89 Å². The van der Waals surface area contributed by atoms with Crippen LogP contribution in [-0.2, 0) is 4.79 Å². The number of hydrogen-bond donors (Lipinski definition) is 2. The van der Waals surface area contributed by atoms with E-state index in [9.17, 15) is 4.79 Å². The van der Waals surface area contributed by atoms with E-state index in [4.69, 9.17) is 0 Å². The van der Waals surface area contributed by atoms with Gasteiger partial charge in [0.15, 0.2) is 0 Å². The molecule has 2 aromatic heterocycles. The number of rotatable bonds is 5. The lowest BCUT2D eigenvalue weighted by atomic mass is 9.95. The van der Waals surface area contributed by atoms with Crippen molar-refractivity contribution in [3.63, 3.8) is 0 Å². The molecule has 0 radical (unpaired) electrons. The molecule has 0 saturated carbocycles. The van der Waals surface area contributed by atoms with Crippen LogP contribution in [-0.4, -0.2) is 16.1 Å². The summed E-state index contributed by atoms with van der Waals surface area (Å²) in [5.41, 5.74) is 4.47. The predicted octanol–water partition coefficient (Wildman–Crippen LogP) is 4.58. The number of nitrogens with one attached hydrogen (secondary N) is 2. The van der Waals surface area contributed by atoms with Gasteiger partial charge in [0.2, 0.25) is 5.91 Å². The number of thiophene rings is 1. The lowest BCUT2D eigenvalue weighted by Gasteiger charge is -2.15. The lowest BCUT2D eigenvalue weighted by Crippen LogP contribution is -2.21. The third-order valence-electron chi connectivity index (χ3n) is 3.92. The monoisotopic (exact) mass is 325 g/mol. The number of carbonyl (C=O) groups is 1. The second kappa shape index (κ2) is 6.79. The summed E-state index contributed by atoms with van der Waals surface area (Å²) in [5.74, 6) is -0.166. The number of H-pyrrole nitrogens is 1. The predicted molar refractivity (Wildman–Crippen MR) is 94.7 cm³/mol. The summed E-state index contributed by atoms with van der Waals surface area (Å²) in [6.45, 7) is 3.95. The highest BCUT2D eigenvalue weighted by atomic mass is 32.1. The van der Waals surface area contributed by atoms with Crippen LogP contribution < -0.4 is 5.32 Å². The van der Waals surface area contributed by atoms with Gasteiger partial charge in [-0.25, -0.2) is 0 Å². The standard InChI is InChI=1S/C18H19N3OS/c1-3-15(13-7-5-4-6-8-13)18(22)19-16-12(2)20-21-17(16)14-9-10-23-11-14/h4-11,15H,3H2,1-2H3,(H,19,22)(H,20,21). The SMILES string of the molecule is CCC(C(=O)Nc1c(-c2ccsc2)n[nH]c1C)c1ccccc1. The van der Waals surface area contributed by atoms with Gasteiger partial charge >= 0.3 is 0 Å². The zero-order valence-corrected chi connectivity index (χ0v) is 14.0. The first-order valence-electron chi connectivity index (χ1n) is 7.64. The van der Waals surface area contributed by atoms with Crippen molar-refractivity contribution in [1.82, 2.24) is 10.2 Å². The van der Waals surface area contributed by atoms with E-state index in [0.29, 0.717) is 0 Å². The number of aromatic amines is 1. The van der Waals surface area contributed by atoms with Gasteiger partial charge in [0.25, 0.3) is 0 Å². The van der Waals surface area contributed by atoms with Crippen LogP contribution in [0.3, 0.4) is 0 Å². The molecule has 0 saturated heterocycles. The summed E-state index contributed by atoms with van der Waals surface area (Å²) < 4.78 is 0. The fourth-order valence-corrected chi connectivity index (χ4v) is 3.30. The molecule has 1 atom stereocenters. The van der Waals surface area contributed by atoms with Crippen LogP contribution in [0.5, 0.6) is 0 Å². The zero-order valence-electron chi connectivity index (χ0n) is 13.2. The Labute approximate surface area is 139 Å². The summed E-state index contributed by atoms with van der Waals surface area (Å²) in [7, 11) is 0. The van der Waals surface area contributed by atoms with Crippen molar-refractivity contribution in [3.8, 4) is 11.3 Å². The Morgan fingerprint density at radius 2 is 2.09 bits per heavy atom. The largest absolute Gasteiger partial charge is 0.322 e. The smallest absolute Gasteiger partial charge is 0.232 e. The van der Waals surface area contributed by atoms with Crippen LogP contribution in [0.1, 0.15) is 30.5 Å². The number of anilines is 1. The number of aryl methyl sites for hydroxylation is 1. The van der Waals surface area contributed by atoms with Crippen molar-refractivity contribution in [1.29, 1.82) is 0 Å². The van der Waals surface area contributed by atoms with Gasteiger partial charge in [0.05, 0.1) is 17.3 Å². The molecule has 0 aliphatic heterocycles. The van der Waals surface area contributed by atoms with E-state index < -0.39 is 0 Å². The topological polar surface area (TPSA) is 57.8 Å². The molecule has 0 aliphatic carbocycles. The average Bonchev–Trinajstić information content (AvgIpc) is 3.20. The van der Waals surface area contributed by atoms with Gasteiger partial charge in [0.1, 0.15) is 5.69 Å². The van der Waals surface area contributed by atoms with E-state index in [-0.39, 0.29) is 11.8 Å². The van der Waals surface area contributed by atoms with Crippen molar-refractivity contribution in [2.24, 2.45) is 0 Å². The lowest BCUT2D eigenvalue weighted by molar-refractivity contribution is -0.117. The maximum atomic E-state index is 12.8. The number of carbonyl (C=O) groups excluding carboxylic acids is 1. The number of benzene rings is 1. The van der Waals surface area contributed by atoms with E-state index in [1.54, 1.807) is 11.3 Å². The minimum Gasteiger partial charge on any atom is -0.322 e. The number of nitrogens with zero attached hydrogens (tertiary/aromatic N) is 1. The molecule has 118 valence electrons. The molecule has 0 spiro atoms. The Morgan fingerprint density at radius 3 is 2.74 bits per heavy atom. The molecule has 3 aromatic rings. The molecule has 1 amide bonds. The third-order valence-corrected chi connectivity index (χ3v) is 4.60. The summed E-state index contributed by atoms with van der Waals surface area (Å²) in [5, 5.41) is 14.4. The molecule has 5 heteroatoms. The second-order valence-corrected chi connectivity index (χ2v) is 6.23. The Balaban J connectivity index is 1.87. The minimum atomic E-state index is -0.166. The fraction of sp³-hybridized carbons (Fsp3) is 0.222. The molecule has 0 bridgehead atoms. The molecule has 0 aliphatic rings. The molecule has 23 heavy (non-hydrogen) atoms. The number of hydrogen-bond acceptors (Lipinski definition) is 3. The summed E-state index contributed by atoms with van der Waals surface area (Å²) >= 11 is 1.61. The maximum Gasteiger partial charge on any atom is 0.232 e. The van der Waals surface area contributed by atoms with E-state index in [0.717, 1.165) is 34.6 Å². The van der Waals surface area contributed by atoms with Gasteiger partial charge < -0.3 is 5.32 Å². The van der Waals surface area contributed by atoms with Crippen LogP contribution in [0.25, 0.3) is 11.3 Å². The average molecular weight is 325 g/mol. The molecular formula is C18H19N3OS. The summed E-state index contributed by atoms with van der Waals surface area (Å²) in [6.07, 6.45) is 0.751. The Hall–Kier alpha value is -2.40. The first kappa shape index (κ1) is 15.5. The van der Waals surface area contributed by atoms with Gasteiger partial charge in [-0.15, -0.1) is 0 Å². The van der Waals surface area contributed by atoms with Gasteiger partial charge in [0, 0.05) is 10.9 Å². The molecule has 4 nitrogen and oxygen atoms in total. The van der Waals surface area contributed by atoms with Crippen molar-refractivity contribution in [2.75, 3.05) is 5.32 Å². The van der Waals surface area contributed by atoms with Crippen LogP contribution >= 0.6 is 11.3 Å². The summed E-state index contributed by atoms with van der Waals surface area (Å²) in [6, 6.07) is 11.9. The maximum absolute atomic E-state index is 12.8. The number of amides is 1.